The summed E-state index contributed by atoms with van der Waals surface area (Å²) < 4.78 is 0. The van der Waals surface area contributed by atoms with E-state index in [1.165, 1.54) is 12.3 Å². The van der Waals surface area contributed by atoms with E-state index in [4.69, 9.17) is 22.6 Å². The first kappa shape index (κ1) is 12.9. The summed E-state index contributed by atoms with van der Waals surface area (Å²) in [4.78, 5) is 15.8. The van der Waals surface area contributed by atoms with Gasteiger partial charge in [-0.1, -0.05) is 17.7 Å². The van der Waals surface area contributed by atoms with Crippen LogP contribution in [-0.2, 0) is 0 Å². The number of carbonyl (C=O) groups is 1. The number of nitrogens with zero attached hydrogens (tertiary/aromatic N) is 2. The van der Waals surface area contributed by atoms with Gasteiger partial charge < -0.3 is 11.1 Å². The van der Waals surface area contributed by atoms with E-state index in [0.717, 1.165) is 0 Å². The van der Waals surface area contributed by atoms with Gasteiger partial charge in [0.2, 0.25) is 0 Å². The molecule has 1 heterocycles. The highest BCUT2D eigenvalue weighted by atomic mass is 35.5. The number of hydrogen-bond acceptors (Lipinski definition) is 4. The fourth-order valence-electron chi connectivity index (χ4n) is 1.49. The molecule has 2 aromatic rings. The molecule has 0 fully saturated rings. The van der Waals surface area contributed by atoms with Gasteiger partial charge in [-0.05, 0) is 24.3 Å². The molecule has 19 heavy (non-hydrogen) atoms. The summed E-state index contributed by atoms with van der Waals surface area (Å²) in [6.45, 7) is 0. The predicted molar refractivity (Wildman–Crippen MR) is 72.8 cm³/mol. The maximum absolute atomic E-state index is 12.0. The Morgan fingerprint density at radius 1 is 1.42 bits per heavy atom. The van der Waals surface area contributed by atoms with Gasteiger partial charge in [0.15, 0.2) is 0 Å². The Morgan fingerprint density at radius 2 is 2.21 bits per heavy atom. The number of pyridine rings is 1. The van der Waals surface area contributed by atoms with Gasteiger partial charge in [0.1, 0.15) is 5.82 Å². The molecule has 0 unspecified atom stereocenters. The summed E-state index contributed by atoms with van der Waals surface area (Å²) in [5.41, 5.74) is 6.71. The molecule has 0 aliphatic carbocycles. The van der Waals surface area contributed by atoms with Crippen molar-refractivity contribution in [2.45, 2.75) is 0 Å². The number of carbonyl (C=O) groups excluding carboxylic acids is 1. The van der Waals surface area contributed by atoms with Crippen molar-refractivity contribution in [3.05, 3.63) is 52.7 Å². The van der Waals surface area contributed by atoms with Crippen molar-refractivity contribution in [2.24, 2.45) is 0 Å². The number of anilines is 2. The van der Waals surface area contributed by atoms with E-state index >= 15 is 0 Å². The standard InChI is InChI=1S/C13H9ClN4O/c14-11-7-17-12(16)5-10(11)13(19)18-9-3-1-2-8(4-9)6-15/h1-5,7H,(H2,16,17)(H,18,19). The molecular formula is C13H9ClN4O. The second-order valence-corrected chi connectivity index (χ2v) is 4.14. The lowest BCUT2D eigenvalue weighted by atomic mass is 10.2. The van der Waals surface area contributed by atoms with E-state index in [2.05, 4.69) is 10.3 Å². The number of hydrogen-bond donors (Lipinski definition) is 2. The lowest BCUT2D eigenvalue weighted by molar-refractivity contribution is 0.102. The molecule has 6 heteroatoms. The average Bonchev–Trinajstić information content (AvgIpc) is 2.41. The molecule has 0 atom stereocenters. The van der Waals surface area contributed by atoms with Gasteiger partial charge >= 0.3 is 0 Å². The number of benzene rings is 1. The monoisotopic (exact) mass is 272 g/mol. The Balaban J connectivity index is 2.26. The summed E-state index contributed by atoms with van der Waals surface area (Å²) in [7, 11) is 0. The fourth-order valence-corrected chi connectivity index (χ4v) is 1.68. The zero-order valence-corrected chi connectivity index (χ0v) is 10.5. The van der Waals surface area contributed by atoms with Crippen LogP contribution >= 0.6 is 11.6 Å². The molecule has 0 spiro atoms. The minimum absolute atomic E-state index is 0.209. The summed E-state index contributed by atoms with van der Waals surface area (Å²) in [5, 5.41) is 11.6. The van der Waals surface area contributed by atoms with Gasteiger partial charge in [0.25, 0.3) is 5.91 Å². The second-order valence-electron chi connectivity index (χ2n) is 3.74. The zero-order chi connectivity index (χ0) is 13.8. The highest BCUT2D eigenvalue weighted by Gasteiger charge is 2.11. The highest BCUT2D eigenvalue weighted by molar-refractivity contribution is 6.34. The van der Waals surface area contributed by atoms with E-state index < -0.39 is 5.91 Å². The topological polar surface area (TPSA) is 91.8 Å². The number of aromatic nitrogens is 1. The summed E-state index contributed by atoms with van der Waals surface area (Å²) >= 11 is 5.88. The molecule has 3 N–H and O–H groups in total. The molecule has 0 saturated carbocycles. The maximum Gasteiger partial charge on any atom is 0.257 e. The minimum atomic E-state index is -0.408. The first-order valence-corrected chi connectivity index (χ1v) is 5.70. The third-order valence-corrected chi connectivity index (χ3v) is 2.67. The quantitative estimate of drug-likeness (QED) is 0.878. The summed E-state index contributed by atoms with van der Waals surface area (Å²) in [5.74, 6) is -0.200. The molecule has 0 aliphatic heterocycles. The van der Waals surface area contributed by atoms with Crippen molar-refractivity contribution < 1.29 is 4.79 Å². The van der Waals surface area contributed by atoms with Crippen LogP contribution in [0.4, 0.5) is 11.5 Å². The lowest BCUT2D eigenvalue weighted by Gasteiger charge is -2.07. The van der Waals surface area contributed by atoms with Crippen LogP contribution < -0.4 is 11.1 Å². The Hall–Kier alpha value is -2.58. The van der Waals surface area contributed by atoms with E-state index in [-0.39, 0.29) is 16.4 Å². The van der Waals surface area contributed by atoms with Crippen LogP contribution in [0.3, 0.4) is 0 Å². The zero-order valence-electron chi connectivity index (χ0n) is 9.72. The largest absolute Gasteiger partial charge is 0.384 e. The van der Waals surface area contributed by atoms with Crippen LogP contribution in [0.15, 0.2) is 36.5 Å². The average molecular weight is 273 g/mol. The number of nitrogens with one attached hydrogen (secondary N) is 1. The molecule has 0 bridgehead atoms. The van der Waals surface area contributed by atoms with Gasteiger partial charge in [-0.2, -0.15) is 5.26 Å². The van der Waals surface area contributed by atoms with E-state index in [1.54, 1.807) is 24.3 Å². The SMILES string of the molecule is N#Cc1cccc(NC(=O)c2cc(N)ncc2Cl)c1. The summed E-state index contributed by atoms with van der Waals surface area (Å²) in [6.07, 6.45) is 1.32. The molecule has 5 nitrogen and oxygen atoms in total. The van der Waals surface area contributed by atoms with Gasteiger partial charge in [0, 0.05) is 11.9 Å². The molecule has 2 rings (SSSR count). The Morgan fingerprint density at radius 3 is 2.95 bits per heavy atom. The normalized spacial score (nSPS) is 9.68. The van der Waals surface area contributed by atoms with Crippen molar-refractivity contribution in [3.63, 3.8) is 0 Å². The minimum Gasteiger partial charge on any atom is -0.384 e. The van der Waals surface area contributed by atoms with Crippen LogP contribution in [0.25, 0.3) is 0 Å². The van der Waals surface area contributed by atoms with Gasteiger partial charge in [0.05, 0.1) is 22.2 Å². The van der Waals surface area contributed by atoms with Crippen molar-refractivity contribution in [1.29, 1.82) is 5.26 Å². The van der Waals surface area contributed by atoms with Crippen molar-refractivity contribution in [1.82, 2.24) is 4.98 Å². The highest BCUT2D eigenvalue weighted by Crippen LogP contribution is 2.19. The van der Waals surface area contributed by atoms with Crippen molar-refractivity contribution in [3.8, 4) is 6.07 Å². The second kappa shape index (κ2) is 5.38. The van der Waals surface area contributed by atoms with Gasteiger partial charge in [-0.15, -0.1) is 0 Å². The molecule has 1 aromatic carbocycles. The van der Waals surface area contributed by atoms with Gasteiger partial charge in [-0.25, -0.2) is 4.98 Å². The van der Waals surface area contributed by atoms with Crippen molar-refractivity contribution >= 4 is 29.0 Å². The number of nitrogens with two attached hydrogens (primary N) is 1. The van der Waals surface area contributed by atoms with Crippen LogP contribution in [0.1, 0.15) is 15.9 Å². The number of halogens is 1. The number of nitriles is 1. The van der Waals surface area contributed by atoms with E-state index in [1.807, 2.05) is 6.07 Å². The molecule has 1 aromatic heterocycles. The Kier molecular flexibility index (Phi) is 3.64. The van der Waals surface area contributed by atoms with Crippen LogP contribution in [0.2, 0.25) is 5.02 Å². The number of rotatable bonds is 2. The first-order valence-electron chi connectivity index (χ1n) is 5.32. The molecule has 94 valence electrons. The third-order valence-electron chi connectivity index (χ3n) is 2.37. The molecule has 0 saturated heterocycles. The van der Waals surface area contributed by atoms with E-state index in [0.29, 0.717) is 11.3 Å². The maximum atomic E-state index is 12.0. The molecule has 0 aliphatic rings. The Labute approximate surface area is 114 Å². The lowest BCUT2D eigenvalue weighted by Crippen LogP contribution is -2.13. The third kappa shape index (κ3) is 3.00. The number of nitrogen functional groups attached to an aromatic ring is 1. The smallest absolute Gasteiger partial charge is 0.257 e. The van der Waals surface area contributed by atoms with Crippen LogP contribution in [0, 0.1) is 11.3 Å². The van der Waals surface area contributed by atoms with Gasteiger partial charge in [-0.3, -0.25) is 4.79 Å². The van der Waals surface area contributed by atoms with Crippen LogP contribution in [-0.4, -0.2) is 10.9 Å². The predicted octanol–water partition coefficient (Wildman–Crippen LogP) is 2.44. The fraction of sp³-hybridized carbons (Fsp3) is 0. The first-order chi connectivity index (χ1) is 9.10. The van der Waals surface area contributed by atoms with E-state index in [9.17, 15) is 4.79 Å². The molecule has 0 radical (unpaired) electrons. The van der Waals surface area contributed by atoms with Crippen molar-refractivity contribution in [2.75, 3.05) is 11.1 Å². The molecular weight excluding hydrogens is 264 g/mol. The Bertz CT molecular complexity index is 679. The number of amides is 1. The summed E-state index contributed by atoms with van der Waals surface area (Å²) in [6, 6.07) is 9.95. The molecule has 1 amide bonds. The van der Waals surface area contributed by atoms with Crippen LogP contribution in [0.5, 0.6) is 0 Å².